The van der Waals surface area contributed by atoms with Gasteiger partial charge in [-0.3, -0.25) is 9.59 Å². The third kappa shape index (κ3) is 5.20. The molecule has 29 heavy (non-hydrogen) atoms. The monoisotopic (exact) mass is 389 g/mol. The molecule has 3 aromatic carbocycles. The van der Waals surface area contributed by atoms with E-state index in [0.717, 1.165) is 11.6 Å². The zero-order valence-electron chi connectivity index (χ0n) is 15.6. The average Bonchev–Trinajstić information content (AvgIpc) is 2.72. The first-order valence-electron chi connectivity index (χ1n) is 8.77. The Hall–Kier alpha value is -4.13. The van der Waals surface area contributed by atoms with Crippen molar-refractivity contribution in [2.24, 2.45) is 5.10 Å². The molecule has 0 unspecified atom stereocenters. The van der Waals surface area contributed by atoms with Gasteiger partial charge >= 0.3 is 0 Å². The summed E-state index contributed by atoms with van der Waals surface area (Å²) in [4.78, 5) is 24.3. The van der Waals surface area contributed by atoms with Crippen LogP contribution < -0.4 is 10.7 Å². The zero-order chi connectivity index (χ0) is 20.8. The normalized spacial score (nSPS) is 11.0. The molecular formula is C22H19N3O4. The maximum Gasteiger partial charge on any atom is 0.271 e. The lowest BCUT2D eigenvalue weighted by Crippen LogP contribution is -2.19. The molecule has 0 aromatic heterocycles. The number of hydrazone groups is 1. The Morgan fingerprint density at radius 3 is 2.00 bits per heavy atom. The van der Waals surface area contributed by atoms with Gasteiger partial charge in [0, 0.05) is 22.9 Å². The number of hydrogen-bond acceptors (Lipinski definition) is 5. The molecule has 146 valence electrons. The van der Waals surface area contributed by atoms with Crippen molar-refractivity contribution in [3.05, 3.63) is 89.5 Å². The minimum atomic E-state index is -0.567. The smallest absolute Gasteiger partial charge is 0.271 e. The Morgan fingerprint density at radius 2 is 1.38 bits per heavy atom. The minimum absolute atomic E-state index is 0.0815. The summed E-state index contributed by atoms with van der Waals surface area (Å²) in [6.07, 6.45) is 0. The maximum atomic E-state index is 12.2. The molecule has 0 aliphatic heterocycles. The summed E-state index contributed by atoms with van der Waals surface area (Å²) >= 11 is 0. The number of carbonyl (C=O) groups excluding carboxylic acids is 2. The van der Waals surface area contributed by atoms with Crippen LogP contribution in [0.2, 0.25) is 0 Å². The average molecular weight is 389 g/mol. The van der Waals surface area contributed by atoms with Gasteiger partial charge in [0.25, 0.3) is 11.8 Å². The molecule has 7 nitrogen and oxygen atoms in total. The third-order valence-corrected chi connectivity index (χ3v) is 4.09. The standard InChI is InChI=1S/C22H19N3O4/c1-14(24-25-22(29)17-11-19(26)13-20(27)12-17)15-7-9-18(10-8-15)23-21(28)16-5-3-2-4-6-16/h2-13,26-27H,1H3,(H,23,28)(H,25,29)/b24-14-. The maximum absolute atomic E-state index is 12.2. The number of nitrogens with one attached hydrogen (secondary N) is 2. The van der Waals surface area contributed by atoms with E-state index in [2.05, 4.69) is 15.8 Å². The molecule has 2 amide bonds. The Bertz CT molecular complexity index is 1040. The second kappa shape index (κ2) is 8.71. The van der Waals surface area contributed by atoms with Crippen LogP contribution in [0, 0.1) is 0 Å². The van der Waals surface area contributed by atoms with Crippen LogP contribution in [0.4, 0.5) is 5.69 Å². The molecule has 0 fully saturated rings. The quantitative estimate of drug-likeness (QED) is 0.395. The van der Waals surface area contributed by atoms with Gasteiger partial charge in [-0.1, -0.05) is 30.3 Å². The SMILES string of the molecule is C/C(=N/NC(=O)c1cc(O)cc(O)c1)c1ccc(NC(=O)c2ccccc2)cc1. The van der Waals surface area contributed by atoms with Crippen molar-refractivity contribution < 1.29 is 19.8 Å². The summed E-state index contributed by atoms with van der Waals surface area (Å²) in [5, 5.41) is 25.8. The number of hydrogen-bond donors (Lipinski definition) is 4. The molecule has 0 saturated carbocycles. The molecule has 4 N–H and O–H groups in total. The molecule has 0 radical (unpaired) electrons. The lowest BCUT2D eigenvalue weighted by Gasteiger charge is -2.07. The second-order valence-corrected chi connectivity index (χ2v) is 6.27. The highest BCUT2D eigenvalue weighted by Gasteiger charge is 2.09. The molecule has 7 heteroatoms. The van der Waals surface area contributed by atoms with Crippen molar-refractivity contribution in [2.45, 2.75) is 6.92 Å². The van der Waals surface area contributed by atoms with Gasteiger partial charge in [0.1, 0.15) is 11.5 Å². The van der Waals surface area contributed by atoms with E-state index in [1.807, 2.05) is 6.07 Å². The minimum Gasteiger partial charge on any atom is -0.508 e. The molecule has 0 bridgehead atoms. The number of anilines is 1. The third-order valence-electron chi connectivity index (χ3n) is 4.09. The van der Waals surface area contributed by atoms with Crippen LogP contribution in [0.15, 0.2) is 77.9 Å². The fraction of sp³-hybridized carbons (Fsp3) is 0.0455. The summed E-state index contributed by atoms with van der Waals surface area (Å²) in [6.45, 7) is 1.72. The number of carbonyl (C=O) groups is 2. The number of aromatic hydroxyl groups is 2. The number of amides is 2. The van der Waals surface area contributed by atoms with Crippen LogP contribution in [0.3, 0.4) is 0 Å². The van der Waals surface area contributed by atoms with Crippen molar-refractivity contribution in [1.29, 1.82) is 0 Å². The zero-order valence-corrected chi connectivity index (χ0v) is 15.6. The highest BCUT2D eigenvalue weighted by atomic mass is 16.3. The molecule has 3 rings (SSSR count). The van der Waals surface area contributed by atoms with Crippen molar-refractivity contribution in [3.8, 4) is 11.5 Å². The summed E-state index contributed by atoms with van der Waals surface area (Å²) in [5.41, 5.74) is 4.95. The van der Waals surface area contributed by atoms with Crippen LogP contribution >= 0.6 is 0 Å². The van der Waals surface area contributed by atoms with Gasteiger partial charge in [-0.25, -0.2) is 5.43 Å². The topological polar surface area (TPSA) is 111 Å². The Labute approximate surface area is 167 Å². The lowest BCUT2D eigenvalue weighted by molar-refractivity contribution is 0.0953. The van der Waals surface area contributed by atoms with Crippen LogP contribution in [0.1, 0.15) is 33.2 Å². The van der Waals surface area contributed by atoms with Crippen LogP contribution in [-0.4, -0.2) is 27.7 Å². The Morgan fingerprint density at radius 1 is 0.759 bits per heavy atom. The van der Waals surface area contributed by atoms with Gasteiger partial charge < -0.3 is 15.5 Å². The summed E-state index contributed by atoms with van der Waals surface area (Å²) in [7, 11) is 0. The van der Waals surface area contributed by atoms with Crippen LogP contribution in [0.25, 0.3) is 0 Å². The van der Waals surface area contributed by atoms with Crippen LogP contribution in [-0.2, 0) is 0 Å². The number of rotatable bonds is 5. The molecule has 0 spiro atoms. The molecule has 0 aliphatic carbocycles. The van der Waals surface area contributed by atoms with E-state index < -0.39 is 5.91 Å². The molecular weight excluding hydrogens is 370 g/mol. The summed E-state index contributed by atoms with van der Waals surface area (Å²) in [5.74, 6) is -1.21. The second-order valence-electron chi connectivity index (χ2n) is 6.27. The van der Waals surface area contributed by atoms with Crippen molar-refractivity contribution in [1.82, 2.24) is 5.43 Å². The first-order chi connectivity index (χ1) is 13.9. The molecule has 0 aliphatic rings. The van der Waals surface area contributed by atoms with E-state index in [-0.39, 0.29) is 23.0 Å². The Kier molecular flexibility index (Phi) is 5.89. The fourth-order valence-electron chi connectivity index (χ4n) is 2.58. The number of phenols is 2. The highest BCUT2D eigenvalue weighted by Crippen LogP contribution is 2.20. The fourth-order valence-corrected chi connectivity index (χ4v) is 2.58. The number of phenolic OH excluding ortho intramolecular Hbond substituents is 2. The lowest BCUT2D eigenvalue weighted by atomic mass is 10.1. The van der Waals surface area contributed by atoms with Gasteiger partial charge in [-0.2, -0.15) is 5.10 Å². The largest absolute Gasteiger partial charge is 0.508 e. The number of benzene rings is 3. The summed E-state index contributed by atoms with van der Waals surface area (Å²) < 4.78 is 0. The molecule has 0 saturated heterocycles. The van der Waals surface area contributed by atoms with Crippen molar-refractivity contribution >= 4 is 23.2 Å². The van der Waals surface area contributed by atoms with Gasteiger partial charge in [0.2, 0.25) is 0 Å². The van der Waals surface area contributed by atoms with Gasteiger partial charge in [0.15, 0.2) is 0 Å². The van der Waals surface area contributed by atoms with E-state index in [1.54, 1.807) is 55.5 Å². The van der Waals surface area contributed by atoms with E-state index in [1.165, 1.54) is 12.1 Å². The first kappa shape index (κ1) is 19.6. The van der Waals surface area contributed by atoms with Gasteiger partial charge in [0.05, 0.1) is 5.71 Å². The van der Waals surface area contributed by atoms with Crippen LogP contribution in [0.5, 0.6) is 11.5 Å². The van der Waals surface area contributed by atoms with E-state index >= 15 is 0 Å². The Balaban J connectivity index is 1.64. The predicted molar refractivity (Wildman–Crippen MR) is 110 cm³/mol. The molecule has 0 atom stereocenters. The van der Waals surface area contributed by atoms with Gasteiger partial charge in [-0.15, -0.1) is 0 Å². The molecule has 0 heterocycles. The molecule has 3 aromatic rings. The van der Waals surface area contributed by atoms with Crippen molar-refractivity contribution in [2.75, 3.05) is 5.32 Å². The van der Waals surface area contributed by atoms with E-state index in [9.17, 15) is 19.8 Å². The number of nitrogens with zero attached hydrogens (tertiary/aromatic N) is 1. The van der Waals surface area contributed by atoms with Crippen molar-refractivity contribution in [3.63, 3.8) is 0 Å². The highest BCUT2D eigenvalue weighted by molar-refractivity contribution is 6.05. The van der Waals surface area contributed by atoms with E-state index in [0.29, 0.717) is 17.0 Å². The van der Waals surface area contributed by atoms with E-state index in [4.69, 9.17) is 0 Å². The predicted octanol–water partition coefficient (Wildman–Crippen LogP) is 3.50. The van der Waals surface area contributed by atoms with Gasteiger partial charge in [-0.05, 0) is 48.9 Å². The summed E-state index contributed by atoms with van der Waals surface area (Å²) in [6, 6.07) is 19.5. The first-order valence-corrected chi connectivity index (χ1v) is 8.77.